The molecule has 7 heteroatoms. The van der Waals surface area contributed by atoms with Gasteiger partial charge in [-0.3, -0.25) is 0 Å². The average Bonchev–Trinajstić information content (AvgIpc) is 1.38. The molecule has 0 aliphatic carbocycles. The molecule has 0 unspecified atom stereocenters. The Bertz CT molecular complexity index is 45.7. The number of carbonyl (C=O) groups excluding carboxylic acids is 1. The first-order chi connectivity index (χ1) is 2.27. The number of carbonyl (C=O) groups is 1. The van der Waals surface area contributed by atoms with Crippen molar-refractivity contribution in [2.75, 3.05) is 0 Å². The van der Waals surface area contributed by atoms with Crippen molar-refractivity contribution in [3.8, 4) is 0 Å². The molecule has 0 aliphatic heterocycles. The predicted molar refractivity (Wildman–Crippen MR) is 10.1 cm³/mol. The summed E-state index contributed by atoms with van der Waals surface area (Å²) in [7, 11) is 0. The molecular formula is CH2Li2O5. The molecule has 5 nitrogen and oxygen atoms in total. The molecule has 0 aromatic rings. The van der Waals surface area contributed by atoms with Gasteiger partial charge < -0.3 is 25.5 Å². The minimum absolute atomic E-state index is 0. The third-order valence-corrected chi connectivity index (χ3v) is 0.0680. The van der Waals surface area contributed by atoms with Crippen LogP contribution < -0.4 is 48.1 Å². The van der Waals surface area contributed by atoms with Gasteiger partial charge in [-0.05, 0) is 0 Å². The Balaban J connectivity index is -0.0000000267. The van der Waals surface area contributed by atoms with Crippen molar-refractivity contribution in [3.05, 3.63) is 0 Å². The third kappa shape index (κ3) is 32.6. The second kappa shape index (κ2) is 15.7. The van der Waals surface area contributed by atoms with E-state index in [-0.39, 0.29) is 43.2 Å². The number of carboxylic acid groups (broad SMARTS) is 1. The van der Waals surface area contributed by atoms with Gasteiger partial charge in [-0.25, -0.2) is 0 Å². The van der Waals surface area contributed by atoms with Crippen LogP contribution in [0.3, 0.4) is 0 Å². The Hall–Kier alpha value is 0.385. The Kier molecular flexibility index (Phi) is 46.5. The number of hydrogen-bond acceptors (Lipinski definition) is 4. The summed E-state index contributed by atoms with van der Waals surface area (Å²) >= 11 is 0. The zero-order chi connectivity index (χ0) is 4.28. The van der Waals surface area contributed by atoms with E-state index in [1.54, 1.807) is 0 Å². The van der Waals surface area contributed by atoms with E-state index in [0.29, 0.717) is 0 Å². The summed E-state index contributed by atoms with van der Waals surface area (Å²) in [6, 6.07) is 0. The molecule has 0 radical (unpaired) electrons. The molecule has 0 amide bonds. The van der Waals surface area contributed by atoms with Crippen LogP contribution in [0, 0.1) is 0 Å². The average molecular weight is 108 g/mol. The van der Waals surface area contributed by atoms with Gasteiger partial charge in [0.1, 0.15) is 0 Å². The van der Waals surface area contributed by atoms with Crippen LogP contribution in [-0.2, 0) is 4.89 Å². The zero-order valence-corrected chi connectivity index (χ0v) is 4.63. The topological polar surface area (TPSA) is 104 Å². The Morgan fingerprint density at radius 3 is 1.50 bits per heavy atom. The first kappa shape index (κ1) is 23.8. The molecule has 0 rings (SSSR count). The summed E-state index contributed by atoms with van der Waals surface area (Å²) in [6.07, 6.45) is -2.05. The summed E-state index contributed by atoms with van der Waals surface area (Å²) in [5, 5.41) is 17.2. The van der Waals surface area contributed by atoms with E-state index >= 15 is 0 Å². The van der Waals surface area contributed by atoms with Crippen LogP contribution in [0.15, 0.2) is 0 Å². The summed E-state index contributed by atoms with van der Waals surface area (Å²) in [5.41, 5.74) is 0. The molecule has 0 atom stereocenters. The van der Waals surface area contributed by atoms with Crippen LogP contribution in [0.25, 0.3) is 0 Å². The molecule has 0 heterocycles. The minimum Gasteiger partial charge on any atom is -0.755 e. The van der Waals surface area contributed by atoms with E-state index in [0.717, 1.165) is 0 Å². The van der Waals surface area contributed by atoms with E-state index in [9.17, 15) is 0 Å². The largest absolute Gasteiger partial charge is 1.00 e. The second-order valence-corrected chi connectivity index (χ2v) is 0.333. The Morgan fingerprint density at radius 2 is 1.50 bits per heavy atom. The summed E-state index contributed by atoms with van der Waals surface area (Å²) < 4.78 is 0. The molecule has 0 aliphatic rings. The number of rotatable bonds is 0. The van der Waals surface area contributed by atoms with Crippen molar-refractivity contribution in [3.63, 3.8) is 0 Å². The van der Waals surface area contributed by atoms with Crippen molar-refractivity contribution in [1.82, 2.24) is 0 Å². The summed E-state index contributed by atoms with van der Waals surface area (Å²) in [6.45, 7) is 0. The monoisotopic (exact) mass is 108 g/mol. The molecule has 38 valence electrons. The quantitative estimate of drug-likeness (QED) is 0.174. The predicted octanol–water partition coefficient (Wildman–Crippen LogP) is -9.20. The molecule has 0 spiro atoms. The van der Waals surface area contributed by atoms with Crippen molar-refractivity contribution in [2.45, 2.75) is 0 Å². The fraction of sp³-hybridized carbons (Fsp3) is 0. The van der Waals surface area contributed by atoms with E-state index < -0.39 is 6.16 Å². The first-order valence-electron chi connectivity index (χ1n) is 0.779. The van der Waals surface area contributed by atoms with E-state index in [1.165, 1.54) is 0 Å². The van der Waals surface area contributed by atoms with Gasteiger partial charge in [-0.2, -0.15) is 0 Å². The standard InChI is InChI=1S/CH2O4.2Li.H2O/c2-1(3)5-4;;;/h4H,(H,2,3);;;1H2/q;2*+1;/p-2. The maximum Gasteiger partial charge on any atom is 1.00 e. The molecular weight excluding hydrogens is 106 g/mol. The summed E-state index contributed by atoms with van der Waals surface area (Å²) in [4.78, 5) is 11.0. The van der Waals surface area contributed by atoms with Gasteiger partial charge >= 0.3 is 37.7 Å². The van der Waals surface area contributed by atoms with E-state index in [1.807, 2.05) is 0 Å². The SMILES string of the molecule is O.O=C([O-])O[O-].[Li+].[Li+]. The van der Waals surface area contributed by atoms with Gasteiger partial charge in [-0.1, -0.05) is 0 Å². The molecule has 0 fully saturated rings. The van der Waals surface area contributed by atoms with Crippen molar-refractivity contribution < 1.29 is 63.2 Å². The van der Waals surface area contributed by atoms with Crippen LogP contribution in [0.4, 0.5) is 4.79 Å². The van der Waals surface area contributed by atoms with E-state index in [4.69, 9.17) is 15.2 Å². The Morgan fingerprint density at radius 1 is 1.38 bits per heavy atom. The molecule has 2 N–H and O–H groups in total. The maximum atomic E-state index is 8.72. The van der Waals surface area contributed by atoms with Gasteiger partial charge in [0, 0.05) is 0 Å². The van der Waals surface area contributed by atoms with Crippen molar-refractivity contribution in [2.24, 2.45) is 0 Å². The third-order valence-electron chi connectivity index (χ3n) is 0.0680. The molecule has 0 saturated carbocycles. The second-order valence-electron chi connectivity index (χ2n) is 0.333. The fourth-order valence-electron chi connectivity index (χ4n) is 0. The molecule has 0 aromatic carbocycles. The van der Waals surface area contributed by atoms with Crippen LogP contribution in [0.1, 0.15) is 0 Å². The van der Waals surface area contributed by atoms with Gasteiger partial charge in [-0.15, -0.1) is 0 Å². The minimum atomic E-state index is -2.05. The van der Waals surface area contributed by atoms with Crippen molar-refractivity contribution in [1.29, 1.82) is 0 Å². The molecule has 0 aromatic heterocycles. The maximum absolute atomic E-state index is 8.72. The van der Waals surface area contributed by atoms with Crippen LogP contribution in [0.2, 0.25) is 0 Å². The Labute approximate surface area is 69.6 Å². The molecule has 8 heavy (non-hydrogen) atoms. The van der Waals surface area contributed by atoms with Crippen LogP contribution >= 0.6 is 0 Å². The fourth-order valence-corrected chi connectivity index (χ4v) is 0. The number of hydrogen-bond donors (Lipinski definition) is 0. The molecule has 0 saturated heterocycles. The van der Waals surface area contributed by atoms with Gasteiger partial charge in [0.25, 0.3) is 0 Å². The van der Waals surface area contributed by atoms with E-state index in [2.05, 4.69) is 4.89 Å². The summed E-state index contributed by atoms with van der Waals surface area (Å²) in [5.74, 6) is 0. The zero-order valence-electron chi connectivity index (χ0n) is 4.63. The van der Waals surface area contributed by atoms with Gasteiger partial charge in [0.05, 0.1) is 0 Å². The van der Waals surface area contributed by atoms with Gasteiger partial charge in [0.15, 0.2) is 0 Å². The van der Waals surface area contributed by atoms with Crippen LogP contribution in [-0.4, -0.2) is 11.6 Å². The normalized spacial score (nSPS) is 4.12. The van der Waals surface area contributed by atoms with Gasteiger partial charge in [0.2, 0.25) is 6.16 Å². The smallest absolute Gasteiger partial charge is 0.755 e. The molecule has 0 bridgehead atoms. The first-order valence-corrected chi connectivity index (χ1v) is 0.779. The van der Waals surface area contributed by atoms with Crippen LogP contribution in [0.5, 0.6) is 0 Å². The van der Waals surface area contributed by atoms with Crippen molar-refractivity contribution >= 4 is 6.16 Å².